The summed E-state index contributed by atoms with van der Waals surface area (Å²) in [5, 5.41) is 0. The van der Waals surface area contributed by atoms with Crippen LogP contribution < -0.4 is 0 Å². The standard InChI is InChI=1S/C13H24O2/c1-4-7-9-11-12(10-8-5-2)13(14)15-6-3/h5,8,12H,4,6-7,9-11H2,1-3H3. The molecule has 0 amide bonds. The Labute approximate surface area is 93.7 Å². The highest BCUT2D eigenvalue weighted by Crippen LogP contribution is 2.16. The second-order valence-corrected chi connectivity index (χ2v) is 3.75. The molecule has 0 bridgehead atoms. The maximum absolute atomic E-state index is 11.6. The number of allylic oxidation sites excluding steroid dienone is 2. The minimum Gasteiger partial charge on any atom is -0.466 e. The van der Waals surface area contributed by atoms with E-state index in [2.05, 4.69) is 6.92 Å². The van der Waals surface area contributed by atoms with Gasteiger partial charge in [-0.05, 0) is 26.7 Å². The summed E-state index contributed by atoms with van der Waals surface area (Å²) >= 11 is 0. The Morgan fingerprint density at radius 3 is 2.60 bits per heavy atom. The van der Waals surface area contributed by atoms with Crippen LogP contribution in [0.15, 0.2) is 12.2 Å². The van der Waals surface area contributed by atoms with Crippen LogP contribution in [-0.4, -0.2) is 12.6 Å². The van der Waals surface area contributed by atoms with Crippen molar-refractivity contribution in [3.05, 3.63) is 12.2 Å². The van der Waals surface area contributed by atoms with E-state index in [-0.39, 0.29) is 11.9 Å². The van der Waals surface area contributed by atoms with E-state index in [1.165, 1.54) is 12.8 Å². The monoisotopic (exact) mass is 212 g/mol. The molecule has 0 radical (unpaired) electrons. The molecule has 0 aromatic rings. The van der Waals surface area contributed by atoms with Gasteiger partial charge in [-0.25, -0.2) is 0 Å². The number of carbonyl (C=O) groups excluding carboxylic acids is 1. The van der Waals surface area contributed by atoms with Gasteiger partial charge in [0.15, 0.2) is 0 Å². The van der Waals surface area contributed by atoms with Crippen molar-refractivity contribution in [2.45, 2.75) is 52.9 Å². The predicted molar refractivity (Wildman–Crippen MR) is 63.7 cm³/mol. The molecule has 0 aromatic carbocycles. The van der Waals surface area contributed by atoms with E-state index in [0.717, 1.165) is 19.3 Å². The Morgan fingerprint density at radius 2 is 2.07 bits per heavy atom. The molecule has 0 heterocycles. The van der Waals surface area contributed by atoms with Crippen molar-refractivity contribution < 1.29 is 9.53 Å². The zero-order chi connectivity index (χ0) is 11.5. The van der Waals surface area contributed by atoms with E-state index in [9.17, 15) is 4.79 Å². The molecule has 0 spiro atoms. The first-order chi connectivity index (χ1) is 7.26. The van der Waals surface area contributed by atoms with Gasteiger partial charge in [0.1, 0.15) is 0 Å². The first-order valence-corrected chi connectivity index (χ1v) is 6.04. The maximum Gasteiger partial charge on any atom is 0.309 e. The lowest BCUT2D eigenvalue weighted by molar-refractivity contribution is -0.148. The topological polar surface area (TPSA) is 26.3 Å². The number of hydrogen-bond donors (Lipinski definition) is 0. The summed E-state index contributed by atoms with van der Waals surface area (Å²) in [5.74, 6) is 0.0272. The van der Waals surface area contributed by atoms with Crippen LogP contribution in [0.4, 0.5) is 0 Å². The normalized spacial score (nSPS) is 13.0. The lowest BCUT2D eigenvalue weighted by Gasteiger charge is -2.13. The van der Waals surface area contributed by atoms with Gasteiger partial charge in [0.2, 0.25) is 0 Å². The van der Waals surface area contributed by atoms with E-state index in [4.69, 9.17) is 4.74 Å². The molecule has 2 nitrogen and oxygen atoms in total. The van der Waals surface area contributed by atoms with Crippen LogP contribution in [0, 0.1) is 5.92 Å². The molecule has 0 N–H and O–H groups in total. The highest BCUT2D eigenvalue weighted by atomic mass is 16.5. The lowest BCUT2D eigenvalue weighted by Crippen LogP contribution is -2.17. The summed E-state index contributed by atoms with van der Waals surface area (Å²) in [6.07, 6.45) is 9.33. The van der Waals surface area contributed by atoms with Crippen molar-refractivity contribution in [1.29, 1.82) is 0 Å². The van der Waals surface area contributed by atoms with Crippen molar-refractivity contribution >= 4 is 5.97 Å². The third kappa shape index (κ3) is 7.18. The van der Waals surface area contributed by atoms with Gasteiger partial charge in [-0.2, -0.15) is 0 Å². The van der Waals surface area contributed by atoms with Gasteiger partial charge in [0, 0.05) is 0 Å². The van der Waals surface area contributed by atoms with Gasteiger partial charge in [0.05, 0.1) is 12.5 Å². The number of carbonyl (C=O) groups is 1. The summed E-state index contributed by atoms with van der Waals surface area (Å²) in [4.78, 5) is 11.6. The Hall–Kier alpha value is -0.790. The molecule has 2 heteroatoms. The van der Waals surface area contributed by atoms with Gasteiger partial charge < -0.3 is 4.74 Å². The molecule has 0 aromatic heterocycles. The highest BCUT2D eigenvalue weighted by Gasteiger charge is 2.17. The maximum atomic E-state index is 11.6. The summed E-state index contributed by atoms with van der Waals surface area (Å²) in [6, 6.07) is 0. The molecule has 0 aliphatic rings. The van der Waals surface area contributed by atoms with Crippen LogP contribution >= 0.6 is 0 Å². The molecule has 0 saturated carbocycles. The summed E-state index contributed by atoms with van der Waals surface area (Å²) in [7, 11) is 0. The van der Waals surface area contributed by atoms with Gasteiger partial charge in [-0.15, -0.1) is 0 Å². The number of esters is 1. The minimum atomic E-state index is -0.0355. The molecule has 0 aliphatic carbocycles. The number of ether oxygens (including phenoxy) is 1. The highest BCUT2D eigenvalue weighted by molar-refractivity contribution is 5.72. The minimum absolute atomic E-state index is 0.0355. The van der Waals surface area contributed by atoms with Gasteiger partial charge in [-0.3, -0.25) is 4.79 Å². The Kier molecular flexibility index (Phi) is 9.24. The van der Waals surface area contributed by atoms with E-state index in [0.29, 0.717) is 6.61 Å². The van der Waals surface area contributed by atoms with Crippen molar-refractivity contribution in [3.63, 3.8) is 0 Å². The van der Waals surface area contributed by atoms with Crippen molar-refractivity contribution in [1.82, 2.24) is 0 Å². The van der Waals surface area contributed by atoms with Crippen LogP contribution in [0.5, 0.6) is 0 Å². The third-order valence-electron chi connectivity index (χ3n) is 2.43. The van der Waals surface area contributed by atoms with Gasteiger partial charge in [0.25, 0.3) is 0 Å². The molecule has 0 saturated heterocycles. The lowest BCUT2D eigenvalue weighted by atomic mass is 9.98. The average molecular weight is 212 g/mol. The fraction of sp³-hybridized carbons (Fsp3) is 0.769. The summed E-state index contributed by atoms with van der Waals surface area (Å²) in [6.45, 7) is 6.50. The molecule has 0 rings (SSSR count). The largest absolute Gasteiger partial charge is 0.466 e. The zero-order valence-electron chi connectivity index (χ0n) is 10.3. The van der Waals surface area contributed by atoms with Crippen molar-refractivity contribution in [2.24, 2.45) is 5.92 Å². The predicted octanol–water partition coefficient (Wildman–Crippen LogP) is 3.71. The van der Waals surface area contributed by atoms with E-state index in [1.54, 1.807) is 0 Å². The molecule has 0 aliphatic heterocycles. The molecule has 1 atom stereocenters. The Bertz CT molecular complexity index is 185. The van der Waals surface area contributed by atoms with Crippen LogP contribution in [0.25, 0.3) is 0 Å². The van der Waals surface area contributed by atoms with Crippen LogP contribution in [0.3, 0.4) is 0 Å². The number of unbranched alkanes of at least 4 members (excludes halogenated alkanes) is 2. The van der Waals surface area contributed by atoms with Crippen molar-refractivity contribution in [3.8, 4) is 0 Å². The fourth-order valence-corrected chi connectivity index (χ4v) is 1.53. The first kappa shape index (κ1) is 14.2. The quantitative estimate of drug-likeness (QED) is 0.348. The van der Waals surface area contributed by atoms with Crippen LogP contribution in [0.2, 0.25) is 0 Å². The smallest absolute Gasteiger partial charge is 0.309 e. The molecule has 15 heavy (non-hydrogen) atoms. The van der Waals surface area contributed by atoms with E-state index >= 15 is 0 Å². The SMILES string of the molecule is CC=CCC(CCCCC)C(=O)OCC. The molecular formula is C13H24O2. The third-order valence-corrected chi connectivity index (χ3v) is 2.43. The van der Waals surface area contributed by atoms with Crippen LogP contribution in [-0.2, 0) is 9.53 Å². The summed E-state index contributed by atoms with van der Waals surface area (Å²) in [5.41, 5.74) is 0. The second kappa shape index (κ2) is 9.75. The van der Waals surface area contributed by atoms with Gasteiger partial charge >= 0.3 is 5.97 Å². The summed E-state index contributed by atoms with van der Waals surface area (Å²) < 4.78 is 5.06. The van der Waals surface area contributed by atoms with Crippen LogP contribution in [0.1, 0.15) is 52.9 Å². The number of hydrogen-bond acceptors (Lipinski definition) is 2. The van der Waals surface area contributed by atoms with Gasteiger partial charge in [-0.1, -0.05) is 38.3 Å². The second-order valence-electron chi connectivity index (χ2n) is 3.75. The molecule has 1 unspecified atom stereocenters. The van der Waals surface area contributed by atoms with E-state index in [1.807, 2.05) is 26.0 Å². The molecule has 0 fully saturated rings. The Morgan fingerprint density at radius 1 is 1.33 bits per heavy atom. The average Bonchev–Trinajstić information content (AvgIpc) is 2.23. The number of rotatable bonds is 8. The molecule has 88 valence electrons. The first-order valence-electron chi connectivity index (χ1n) is 6.04. The zero-order valence-corrected chi connectivity index (χ0v) is 10.3. The van der Waals surface area contributed by atoms with E-state index < -0.39 is 0 Å². The Balaban J connectivity index is 3.98. The fourth-order valence-electron chi connectivity index (χ4n) is 1.53. The van der Waals surface area contributed by atoms with Crippen molar-refractivity contribution in [2.75, 3.05) is 6.61 Å². The molecular weight excluding hydrogens is 188 g/mol.